The van der Waals surface area contributed by atoms with Gasteiger partial charge in [0.15, 0.2) is 0 Å². The van der Waals surface area contributed by atoms with E-state index in [0.29, 0.717) is 5.37 Å². The quantitative estimate of drug-likeness (QED) is 0.694. The summed E-state index contributed by atoms with van der Waals surface area (Å²) >= 11 is 3.48. The van der Waals surface area contributed by atoms with Crippen molar-refractivity contribution in [3.05, 3.63) is 17.1 Å². The van der Waals surface area contributed by atoms with Crippen LogP contribution in [-0.2, 0) is 0 Å². The summed E-state index contributed by atoms with van der Waals surface area (Å²) < 4.78 is 4.06. The molecule has 0 radical (unpaired) electrons. The fraction of sp³-hybridized carbons (Fsp3) is 0.500. The SMILES string of the molecule is c1nscc1C1NCCS1. The number of nitrogens with zero attached hydrogens (tertiary/aromatic N) is 1. The van der Waals surface area contributed by atoms with Crippen LogP contribution in [0.4, 0.5) is 0 Å². The summed E-state index contributed by atoms with van der Waals surface area (Å²) in [5.74, 6) is 1.22. The molecule has 2 nitrogen and oxygen atoms in total. The highest BCUT2D eigenvalue weighted by atomic mass is 32.2. The van der Waals surface area contributed by atoms with Crippen LogP contribution in [0.25, 0.3) is 0 Å². The molecule has 0 amide bonds. The average Bonchev–Trinajstić information content (AvgIpc) is 2.59. The number of aromatic nitrogens is 1. The molecule has 1 aromatic heterocycles. The fourth-order valence-electron chi connectivity index (χ4n) is 0.982. The molecule has 1 aliphatic heterocycles. The van der Waals surface area contributed by atoms with Crippen LogP contribution in [0, 0.1) is 0 Å². The van der Waals surface area contributed by atoms with E-state index in [9.17, 15) is 0 Å². The van der Waals surface area contributed by atoms with Crippen LogP contribution in [0.1, 0.15) is 10.9 Å². The zero-order chi connectivity index (χ0) is 6.81. The lowest BCUT2D eigenvalue weighted by atomic mass is 10.4. The van der Waals surface area contributed by atoms with Gasteiger partial charge < -0.3 is 5.32 Å². The Kier molecular flexibility index (Phi) is 1.93. The molecule has 10 heavy (non-hydrogen) atoms. The Hall–Kier alpha value is -0.0600. The smallest absolute Gasteiger partial charge is 0.0813 e. The molecule has 1 aromatic rings. The van der Waals surface area contributed by atoms with Crippen molar-refractivity contribution < 1.29 is 0 Å². The predicted octanol–water partition coefficient (Wildman–Crippen LogP) is 1.48. The predicted molar refractivity (Wildman–Crippen MR) is 45.3 cm³/mol. The average molecular weight is 172 g/mol. The van der Waals surface area contributed by atoms with E-state index in [-0.39, 0.29) is 0 Å². The van der Waals surface area contributed by atoms with Gasteiger partial charge in [-0.2, -0.15) is 0 Å². The number of nitrogens with one attached hydrogen (secondary N) is 1. The first kappa shape index (κ1) is 6.64. The Labute approximate surface area is 68.2 Å². The van der Waals surface area contributed by atoms with Crippen molar-refractivity contribution in [2.75, 3.05) is 12.3 Å². The van der Waals surface area contributed by atoms with Crippen molar-refractivity contribution in [3.63, 3.8) is 0 Å². The van der Waals surface area contributed by atoms with E-state index in [1.54, 1.807) is 0 Å². The number of hydrogen-bond acceptors (Lipinski definition) is 4. The van der Waals surface area contributed by atoms with Crippen LogP contribution in [-0.4, -0.2) is 16.7 Å². The highest BCUT2D eigenvalue weighted by Gasteiger charge is 2.16. The summed E-state index contributed by atoms with van der Waals surface area (Å²) in [6, 6.07) is 0. The molecular formula is C6H8N2S2. The van der Waals surface area contributed by atoms with Crippen LogP contribution in [0.3, 0.4) is 0 Å². The van der Waals surface area contributed by atoms with Gasteiger partial charge in [0, 0.05) is 29.4 Å². The lowest BCUT2D eigenvalue weighted by molar-refractivity contribution is 0.752. The van der Waals surface area contributed by atoms with E-state index in [0.717, 1.165) is 6.54 Å². The summed E-state index contributed by atoms with van der Waals surface area (Å²) in [6.45, 7) is 1.13. The molecule has 0 aromatic carbocycles. The number of rotatable bonds is 1. The van der Waals surface area contributed by atoms with Crippen LogP contribution >= 0.6 is 23.3 Å². The summed E-state index contributed by atoms with van der Waals surface area (Å²) in [5, 5.41) is 6.01. The third-order valence-electron chi connectivity index (χ3n) is 1.47. The number of hydrogen-bond donors (Lipinski definition) is 1. The van der Waals surface area contributed by atoms with Gasteiger partial charge in [-0.3, -0.25) is 0 Å². The molecule has 1 aliphatic rings. The Morgan fingerprint density at radius 3 is 3.30 bits per heavy atom. The highest BCUT2D eigenvalue weighted by Crippen LogP contribution is 2.29. The zero-order valence-corrected chi connectivity index (χ0v) is 7.04. The molecule has 1 atom stereocenters. The molecule has 1 unspecified atom stereocenters. The third kappa shape index (κ3) is 1.19. The maximum absolute atomic E-state index is 4.06. The minimum atomic E-state index is 0.513. The standard InChI is InChI=1S/C6H8N2S2/c1-2-9-6(7-1)5-3-8-10-4-5/h3-4,6-7H,1-2H2. The second kappa shape index (κ2) is 2.90. The van der Waals surface area contributed by atoms with E-state index in [1.807, 2.05) is 18.0 Å². The second-order valence-electron chi connectivity index (χ2n) is 2.16. The second-order valence-corrected chi connectivity index (χ2v) is 4.03. The molecule has 0 saturated carbocycles. The van der Waals surface area contributed by atoms with E-state index in [2.05, 4.69) is 15.1 Å². The molecule has 4 heteroatoms. The van der Waals surface area contributed by atoms with Crippen molar-refractivity contribution in [1.82, 2.24) is 9.69 Å². The van der Waals surface area contributed by atoms with Gasteiger partial charge in [0.05, 0.1) is 5.37 Å². The molecule has 54 valence electrons. The fourth-order valence-corrected chi connectivity index (χ4v) is 2.66. The molecule has 1 fully saturated rings. The Morgan fingerprint density at radius 1 is 1.70 bits per heavy atom. The van der Waals surface area contributed by atoms with E-state index in [1.165, 1.54) is 22.8 Å². The summed E-state index contributed by atoms with van der Waals surface area (Å²) in [6.07, 6.45) is 1.95. The van der Waals surface area contributed by atoms with Gasteiger partial charge in [0.2, 0.25) is 0 Å². The van der Waals surface area contributed by atoms with Gasteiger partial charge in [-0.05, 0) is 11.5 Å². The number of thioether (sulfide) groups is 1. The summed E-state index contributed by atoms with van der Waals surface area (Å²) in [5.41, 5.74) is 1.33. The minimum absolute atomic E-state index is 0.513. The van der Waals surface area contributed by atoms with Crippen LogP contribution in [0.5, 0.6) is 0 Å². The first-order chi connectivity index (χ1) is 4.97. The normalized spacial score (nSPS) is 25.4. The van der Waals surface area contributed by atoms with Crippen molar-refractivity contribution in [2.24, 2.45) is 0 Å². The van der Waals surface area contributed by atoms with Gasteiger partial charge in [0.1, 0.15) is 0 Å². The van der Waals surface area contributed by atoms with Gasteiger partial charge in [-0.25, -0.2) is 4.37 Å². The third-order valence-corrected chi connectivity index (χ3v) is 3.29. The maximum atomic E-state index is 4.06. The van der Waals surface area contributed by atoms with E-state index < -0.39 is 0 Å². The molecule has 0 spiro atoms. The molecule has 2 heterocycles. The molecule has 0 aliphatic carbocycles. The summed E-state index contributed by atoms with van der Waals surface area (Å²) in [4.78, 5) is 0. The molecule has 1 N–H and O–H groups in total. The van der Waals surface area contributed by atoms with E-state index >= 15 is 0 Å². The van der Waals surface area contributed by atoms with Gasteiger partial charge in [-0.1, -0.05) is 0 Å². The van der Waals surface area contributed by atoms with Crippen molar-refractivity contribution in [1.29, 1.82) is 0 Å². The Morgan fingerprint density at radius 2 is 2.70 bits per heavy atom. The summed E-state index contributed by atoms with van der Waals surface area (Å²) in [7, 11) is 0. The molecule has 0 bridgehead atoms. The maximum Gasteiger partial charge on any atom is 0.0813 e. The van der Waals surface area contributed by atoms with E-state index in [4.69, 9.17) is 0 Å². The van der Waals surface area contributed by atoms with Gasteiger partial charge >= 0.3 is 0 Å². The monoisotopic (exact) mass is 172 g/mol. The van der Waals surface area contributed by atoms with Crippen molar-refractivity contribution in [2.45, 2.75) is 5.37 Å². The van der Waals surface area contributed by atoms with Crippen LogP contribution in [0.2, 0.25) is 0 Å². The van der Waals surface area contributed by atoms with Crippen LogP contribution < -0.4 is 5.32 Å². The molecular weight excluding hydrogens is 164 g/mol. The molecule has 2 rings (SSSR count). The minimum Gasteiger partial charge on any atom is -0.301 e. The molecule has 1 saturated heterocycles. The Bertz CT molecular complexity index is 192. The largest absolute Gasteiger partial charge is 0.301 e. The first-order valence-electron chi connectivity index (χ1n) is 3.21. The zero-order valence-electron chi connectivity index (χ0n) is 5.41. The highest BCUT2D eigenvalue weighted by molar-refractivity contribution is 7.99. The van der Waals surface area contributed by atoms with Crippen LogP contribution in [0.15, 0.2) is 11.6 Å². The lowest BCUT2D eigenvalue weighted by Gasteiger charge is -2.03. The first-order valence-corrected chi connectivity index (χ1v) is 5.09. The lowest BCUT2D eigenvalue weighted by Crippen LogP contribution is -2.11. The Balaban J connectivity index is 2.12. The van der Waals surface area contributed by atoms with Gasteiger partial charge in [-0.15, -0.1) is 11.8 Å². The van der Waals surface area contributed by atoms with Gasteiger partial charge in [0.25, 0.3) is 0 Å². The topological polar surface area (TPSA) is 24.9 Å². The van der Waals surface area contributed by atoms with Crippen molar-refractivity contribution in [3.8, 4) is 0 Å². The van der Waals surface area contributed by atoms with Crippen molar-refractivity contribution >= 4 is 23.3 Å².